The average molecular weight is 294 g/mol. The lowest BCUT2D eigenvalue weighted by Gasteiger charge is -2.05. The third-order valence-corrected chi connectivity index (χ3v) is 3.66. The number of amides is 1. The van der Waals surface area contributed by atoms with Gasteiger partial charge in [-0.15, -0.1) is 11.3 Å². The Morgan fingerprint density at radius 3 is 3.05 bits per heavy atom. The van der Waals surface area contributed by atoms with E-state index >= 15 is 0 Å². The zero-order chi connectivity index (χ0) is 13.7. The first kappa shape index (κ1) is 13.8. The molecule has 2 aromatic rings. The molecule has 19 heavy (non-hydrogen) atoms. The molecular weight excluding hydrogens is 280 g/mol. The Bertz CT molecular complexity index is 619. The van der Waals surface area contributed by atoms with Gasteiger partial charge >= 0.3 is 0 Å². The van der Waals surface area contributed by atoms with E-state index in [-0.39, 0.29) is 5.91 Å². The van der Waals surface area contributed by atoms with E-state index in [2.05, 4.69) is 10.3 Å². The molecule has 0 radical (unpaired) electrons. The van der Waals surface area contributed by atoms with Crippen LogP contribution in [0.2, 0.25) is 0 Å². The fourth-order valence-corrected chi connectivity index (χ4v) is 2.45. The van der Waals surface area contributed by atoms with E-state index in [9.17, 15) is 4.79 Å². The fourth-order valence-electron chi connectivity index (χ4n) is 1.64. The van der Waals surface area contributed by atoms with Crippen LogP contribution in [0.15, 0.2) is 29.6 Å². The number of carbonyl (C=O) groups excluding carboxylic acids is 1. The Morgan fingerprint density at radius 2 is 2.37 bits per heavy atom. The number of H-pyrrole nitrogens is 1. The van der Waals surface area contributed by atoms with Crippen LogP contribution < -0.4 is 10.1 Å². The van der Waals surface area contributed by atoms with Crippen LogP contribution in [-0.4, -0.2) is 24.5 Å². The first-order valence-corrected chi connectivity index (χ1v) is 7.07. The molecule has 0 saturated carbocycles. The maximum Gasteiger partial charge on any atom is 0.268 e. The minimum atomic E-state index is -0.129. The summed E-state index contributed by atoms with van der Waals surface area (Å²) in [4.78, 5) is 14.6. The lowest BCUT2D eigenvalue weighted by atomic mass is 10.1. The molecule has 0 aliphatic rings. The summed E-state index contributed by atoms with van der Waals surface area (Å²) in [5.74, 6) is 0.695. The Kier molecular flexibility index (Phi) is 4.70. The topological polar surface area (TPSA) is 54.1 Å². The van der Waals surface area contributed by atoms with Gasteiger partial charge in [0, 0.05) is 11.9 Å². The van der Waals surface area contributed by atoms with Crippen LogP contribution in [0.25, 0.3) is 0 Å². The number of aromatic amines is 1. The van der Waals surface area contributed by atoms with Gasteiger partial charge in [-0.3, -0.25) is 4.79 Å². The molecule has 0 saturated heterocycles. The van der Waals surface area contributed by atoms with Gasteiger partial charge in [0.25, 0.3) is 5.91 Å². The Labute approximate surface area is 120 Å². The van der Waals surface area contributed by atoms with Gasteiger partial charge in [-0.1, -0.05) is 12.1 Å². The molecule has 4 nitrogen and oxygen atoms in total. The summed E-state index contributed by atoms with van der Waals surface area (Å²) >= 11 is 6.29. The van der Waals surface area contributed by atoms with Crippen LogP contribution in [0.3, 0.4) is 0 Å². The SMILES string of the molecule is COc1cccc(CCNC(=O)c2csc(=S)[nH]2)c1. The van der Waals surface area contributed by atoms with E-state index in [1.165, 1.54) is 11.3 Å². The molecule has 2 rings (SSSR count). The largest absolute Gasteiger partial charge is 0.497 e. The van der Waals surface area contributed by atoms with E-state index < -0.39 is 0 Å². The summed E-state index contributed by atoms with van der Waals surface area (Å²) in [6.07, 6.45) is 0.758. The average Bonchev–Trinajstić information content (AvgIpc) is 2.86. The van der Waals surface area contributed by atoms with Gasteiger partial charge in [0.15, 0.2) is 3.95 Å². The number of nitrogens with one attached hydrogen (secondary N) is 2. The first-order chi connectivity index (χ1) is 9.19. The van der Waals surface area contributed by atoms with Crippen molar-refractivity contribution in [2.24, 2.45) is 0 Å². The molecule has 0 unspecified atom stereocenters. The third kappa shape index (κ3) is 3.90. The quantitative estimate of drug-likeness (QED) is 0.834. The summed E-state index contributed by atoms with van der Waals surface area (Å²) in [6.45, 7) is 0.572. The number of hydrogen-bond donors (Lipinski definition) is 2. The van der Waals surface area contributed by atoms with Crippen LogP contribution >= 0.6 is 23.6 Å². The molecule has 1 aromatic carbocycles. The van der Waals surface area contributed by atoms with Crippen molar-refractivity contribution in [2.45, 2.75) is 6.42 Å². The van der Waals surface area contributed by atoms with Gasteiger partial charge in [0.1, 0.15) is 11.4 Å². The molecule has 0 aliphatic heterocycles. The minimum Gasteiger partial charge on any atom is -0.497 e. The highest BCUT2D eigenvalue weighted by Gasteiger charge is 2.06. The summed E-state index contributed by atoms with van der Waals surface area (Å²) < 4.78 is 5.76. The number of aromatic nitrogens is 1. The van der Waals surface area contributed by atoms with E-state index in [0.29, 0.717) is 16.2 Å². The maximum absolute atomic E-state index is 11.8. The van der Waals surface area contributed by atoms with Crippen LogP contribution in [0.5, 0.6) is 5.75 Å². The minimum absolute atomic E-state index is 0.129. The Hall–Kier alpha value is -1.66. The molecule has 0 aliphatic carbocycles. The summed E-state index contributed by atoms with van der Waals surface area (Å²) in [7, 11) is 1.64. The Morgan fingerprint density at radius 1 is 1.53 bits per heavy atom. The van der Waals surface area contributed by atoms with Gasteiger partial charge < -0.3 is 15.0 Å². The highest BCUT2D eigenvalue weighted by atomic mass is 32.1. The second-order valence-corrected chi connectivity index (χ2v) is 5.47. The maximum atomic E-state index is 11.8. The molecule has 2 N–H and O–H groups in total. The lowest BCUT2D eigenvalue weighted by Crippen LogP contribution is -2.25. The monoisotopic (exact) mass is 294 g/mol. The van der Waals surface area contributed by atoms with Gasteiger partial charge in [-0.05, 0) is 36.3 Å². The van der Waals surface area contributed by atoms with E-state index in [1.807, 2.05) is 24.3 Å². The van der Waals surface area contributed by atoms with Crippen molar-refractivity contribution >= 4 is 29.5 Å². The van der Waals surface area contributed by atoms with Crippen LogP contribution in [0.4, 0.5) is 0 Å². The normalized spacial score (nSPS) is 10.2. The first-order valence-electron chi connectivity index (χ1n) is 5.78. The predicted molar refractivity (Wildman–Crippen MR) is 78.5 cm³/mol. The highest BCUT2D eigenvalue weighted by molar-refractivity contribution is 7.73. The van der Waals surface area contributed by atoms with Crippen molar-refractivity contribution in [3.05, 3.63) is 44.9 Å². The molecular formula is C13H14N2O2S2. The summed E-state index contributed by atoms with van der Waals surface area (Å²) in [6, 6.07) is 7.80. The fraction of sp³-hybridized carbons (Fsp3) is 0.231. The van der Waals surface area contributed by atoms with Crippen molar-refractivity contribution in [1.82, 2.24) is 10.3 Å². The molecule has 0 fully saturated rings. The molecule has 6 heteroatoms. The van der Waals surface area contributed by atoms with Gasteiger partial charge in [0.05, 0.1) is 7.11 Å². The Balaban J connectivity index is 1.86. The summed E-state index contributed by atoms with van der Waals surface area (Å²) in [5.41, 5.74) is 1.64. The molecule has 100 valence electrons. The number of ether oxygens (including phenoxy) is 1. The van der Waals surface area contributed by atoms with Crippen molar-refractivity contribution in [2.75, 3.05) is 13.7 Å². The number of thiazole rings is 1. The highest BCUT2D eigenvalue weighted by Crippen LogP contribution is 2.12. The number of carbonyl (C=O) groups is 1. The van der Waals surface area contributed by atoms with E-state index in [0.717, 1.165) is 17.7 Å². The number of benzene rings is 1. The number of hydrogen-bond acceptors (Lipinski definition) is 4. The number of methoxy groups -OCH3 is 1. The molecule has 0 atom stereocenters. The predicted octanol–water partition coefficient (Wildman–Crippen LogP) is 2.79. The number of rotatable bonds is 5. The molecule has 1 amide bonds. The smallest absolute Gasteiger partial charge is 0.268 e. The van der Waals surface area contributed by atoms with E-state index in [1.54, 1.807) is 12.5 Å². The van der Waals surface area contributed by atoms with Crippen LogP contribution in [-0.2, 0) is 6.42 Å². The van der Waals surface area contributed by atoms with Gasteiger partial charge in [0.2, 0.25) is 0 Å². The van der Waals surface area contributed by atoms with Crippen molar-refractivity contribution in [3.63, 3.8) is 0 Å². The van der Waals surface area contributed by atoms with Crippen molar-refractivity contribution < 1.29 is 9.53 Å². The van der Waals surface area contributed by atoms with Crippen LogP contribution in [0, 0.1) is 3.95 Å². The van der Waals surface area contributed by atoms with Gasteiger partial charge in [-0.2, -0.15) is 0 Å². The summed E-state index contributed by atoms with van der Waals surface area (Å²) in [5, 5.41) is 4.57. The standard InChI is InChI=1S/C13H14N2O2S2/c1-17-10-4-2-3-9(7-10)5-6-14-12(16)11-8-19-13(18)15-11/h2-4,7-8H,5-6H2,1H3,(H,14,16)(H,15,18). The van der Waals surface area contributed by atoms with Crippen molar-refractivity contribution in [1.29, 1.82) is 0 Å². The van der Waals surface area contributed by atoms with Crippen LogP contribution in [0.1, 0.15) is 16.1 Å². The van der Waals surface area contributed by atoms with E-state index in [4.69, 9.17) is 17.0 Å². The molecule has 0 bridgehead atoms. The molecule has 1 heterocycles. The molecule has 1 aromatic heterocycles. The zero-order valence-electron chi connectivity index (χ0n) is 10.4. The van der Waals surface area contributed by atoms with Crippen molar-refractivity contribution in [3.8, 4) is 5.75 Å². The second kappa shape index (κ2) is 6.49. The zero-order valence-corrected chi connectivity index (χ0v) is 12.1. The lowest BCUT2D eigenvalue weighted by molar-refractivity contribution is 0.0950. The van der Waals surface area contributed by atoms with Gasteiger partial charge in [-0.25, -0.2) is 0 Å². The third-order valence-electron chi connectivity index (χ3n) is 2.60. The second-order valence-electron chi connectivity index (χ2n) is 3.92. The molecule has 0 spiro atoms.